The van der Waals surface area contributed by atoms with Crippen LogP contribution in [0.15, 0.2) is 47.0 Å². The number of amides is 1. The van der Waals surface area contributed by atoms with Crippen LogP contribution >= 0.6 is 0 Å². The lowest BCUT2D eigenvalue weighted by Gasteiger charge is -2.31. The minimum atomic E-state index is -0.304. The maximum Gasteiger partial charge on any atom is 0.241 e. The lowest BCUT2D eigenvalue weighted by Crippen LogP contribution is -2.43. The summed E-state index contributed by atoms with van der Waals surface area (Å²) in [5, 5.41) is 7.21. The molecule has 168 valence electrons. The van der Waals surface area contributed by atoms with Gasteiger partial charge in [0, 0.05) is 12.1 Å². The number of aryl methyl sites for hydroxylation is 2. The van der Waals surface area contributed by atoms with Crippen molar-refractivity contribution >= 4 is 5.91 Å². The van der Waals surface area contributed by atoms with Crippen LogP contribution in [0.4, 0.5) is 4.39 Å². The summed E-state index contributed by atoms with van der Waals surface area (Å²) in [6.45, 7) is 8.20. The smallest absolute Gasteiger partial charge is 0.241 e. The Morgan fingerprint density at radius 2 is 2.03 bits per heavy atom. The highest BCUT2D eigenvalue weighted by molar-refractivity contribution is 5.79. The summed E-state index contributed by atoms with van der Waals surface area (Å²) < 4.78 is 18.5. The molecule has 2 heterocycles. The second-order valence-corrected chi connectivity index (χ2v) is 8.68. The maximum absolute atomic E-state index is 13.1. The Bertz CT molecular complexity index is 1080. The molecule has 1 N–H and O–H groups in total. The molecule has 1 saturated heterocycles. The van der Waals surface area contributed by atoms with Crippen LogP contribution in [0.1, 0.15) is 48.4 Å². The highest BCUT2D eigenvalue weighted by Gasteiger charge is 2.28. The number of benzene rings is 2. The molecule has 0 spiro atoms. The Morgan fingerprint density at radius 3 is 2.81 bits per heavy atom. The van der Waals surface area contributed by atoms with E-state index in [0.29, 0.717) is 30.4 Å². The minimum Gasteiger partial charge on any atom is -0.349 e. The number of carbonyl (C=O) groups excluding carboxylic acids is 1. The van der Waals surface area contributed by atoms with Crippen LogP contribution < -0.4 is 5.32 Å². The van der Waals surface area contributed by atoms with Gasteiger partial charge in [-0.2, -0.15) is 4.98 Å². The normalized spacial score (nSPS) is 17.8. The lowest BCUT2D eigenvalue weighted by atomic mass is 9.95. The Hall–Kier alpha value is -3.06. The highest BCUT2D eigenvalue weighted by atomic mass is 19.1. The van der Waals surface area contributed by atoms with Gasteiger partial charge in [-0.25, -0.2) is 4.39 Å². The number of nitrogens with one attached hydrogen (secondary N) is 1. The van der Waals surface area contributed by atoms with E-state index >= 15 is 0 Å². The van der Waals surface area contributed by atoms with Gasteiger partial charge < -0.3 is 9.84 Å². The van der Waals surface area contributed by atoms with Crippen LogP contribution in [-0.4, -0.2) is 34.0 Å². The van der Waals surface area contributed by atoms with Crippen LogP contribution in [-0.2, 0) is 11.3 Å². The first kappa shape index (κ1) is 22.1. The first-order chi connectivity index (χ1) is 15.4. The van der Waals surface area contributed by atoms with Crippen molar-refractivity contribution < 1.29 is 13.7 Å². The molecule has 0 radical (unpaired) electrons. The van der Waals surface area contributed by atoms with Crippen molar-refractivity contribution in [2.75, 3.05) is 13.1 Å². The van der Waals surface area contributed by atoms with Crippen molar-refractivity contribution in [3.63, 3.8) is 0 Å². The van der Waals surface area contributed by atoms with E-state index in [1.807, 2.05) is 6.92 Å². The molecule has 2 aromatic carbocycles. The molecular weight excluding hydrogens is 407 g/mol. The van der Waals surface area contributed by atoms with Gasteiger partial charge in [-0.05, 0) is 75.5 Å². The molecule has 1 aliphatic rings. The SMILES string of the molecule is Cc1ccc(C)c(C(C)NC(=O)C2CCCN(Cc3nc(-c4ccc(F)cc4)no3)C2)c1. The fraction of sp³-hybridized carbons (Fsp3) is 0.400. The first-order valence-electron chi connectivity index (χ1n) is 11.1. The third-order valence-corrected chi connectivity index (χ3v) is 6.07. The third-order valence-electron chi connectivity index (χ3n) is 6.07. The van der Waals surface area contributed by atoms with Crippen LogP contribution in [0.2, 0.25) is 0 Å². The van der Waals surface area contributed by atoms with Crippen molar-refractivity contribution in [3.8, 4) is 11.4 Å². The highest BCUT2D eigenvalue weighted by Crippen LogP contribution is 2.23. The zero-order valence-electron chi connectivity index (χ0n) is 18.8. The number of rotatable bonds is 6. The van der Waals surface area contributed by atoms with Crippen molar-refractivity contribution in [1.29, 1.82) is 0 Å². The van der Waals surface area contributed by atoms with E-state index in [0.717, 1.165) is 24.9 Å². The molecule has 1 aromatic heterocycles. The molecule has 6 nitrogen and oxygen atoms in total. The Balaban J connectivity index is 1.35. The van der Waals surface area contributed by atoms with Crippen LogP contribution in [0.25, 0.3) is 11.4 Å². The van der Waals surface area contributed by atoms with E-state index in [4.69, 9.17) is 4.52 Å². The third kappa shape index (κ3) is 5.22. The summed E-state index contributed by atoms with van der Waals surface area (Å²) in [6.07, 6.45) is 1.81. The van der Waals surface area contributed by atoms with Gasteiger partial charge in [0.05, 0.1) is 18.5 Å². The monoisotopic (exact) mass is 436 g/mol. The molecule has 7 heteroatoms. The van der Waals surface area contributed by atoms with E-state index in [1.54, 1.807) is 12.1 Å². The molecule has 1 amide bonds. The Kier molecular flexibility index (Phi) is 6.65. The van der Waals surface area contributed by atoms with Gasteiger partial charge in [-0.3, -0.25) is 9.69 Å². The fourth-order valence-corrected chi connectivity index (χ4v) is 4.28. The summed E-state index contributed by atoms with van der Waals surface area (Å²) >= 11 is 0. The quantitative estimate of drug-likeness (QED) is 0.612. The predicted molar refractivity (Wildman–Crippen MR) is 120 cm³/mol. The number of aromatic nitrogens is 2. The average molecular weight is 437 g/mol. The molecule has 2 unspecified atom stereocenters. The molecule has 1 aliphatic heterocycles. The molecule has 32 heavy (non-hydrogen) atoms. The number of piperidine rings is 1. The standard InChI is InChI=1S/C25H29FN4O2/c1-16-6-7-17(2)22(13-16)18(3)27-25(31)20-5-4-12-30(14-20)15-23-28-24(29-32-23)19-8-10-21(26)11-9-19/h6-11,13,18,20H,4-5,12,14-15H2,1-3H3,(H,27,31). The van der Waals surface area contributed by atoms with Crippen molar-refractivity contribution in [2.24, 2.45) is 5.92 Å². The van der Waals surface area contributed by atoms with Gasteiger partial charge in [-0.15, -0.1) is 0 Å². The van der Waals surface area contributed by atoms with E-state index < -0.39 is 0 Å². The summed E-state index contributed by atoms with van der Waals surface area (Å²) in [7, 11) is 0. The molecular formula is C25H29FN4O2. The first-order valence-corrected chi connectivity index (χ1v) is 11.1. The van der Waals surface area contributed by atoms with Crippen molar-refractivity contribution in [3.05, 3.63) is 70.9 Å². The number of likely N-dealkylation sites (tertiary alicyclic amines) is 1. The Labute approximate surface area is 187 Å². The lowest BCUT2D eigenvalue weighted by molar-refractivity contribution is -0.127. The van der Waals surface area contributed by atoms with Gasteiger partial charge >= 0.3 is 0 Å². The fourth-order valence-electron chi connectivity index (χ4n) is 4.28. The zero-order chi connectivity index (χ0) is 22.7. The molecule has 0 bridgehead atoms. The second kappa shape index (κ2) is 9.61. The van der Waals surface area contributed by atoms with E-state index in [-0.39, 0.29) is 23.7 Å². The summed E-state index contributed by atoms with van der Waals surface area (Å²) in [5.41, 5.74) is 4.24. The van der Waals surface area contributed by atoms with Crippen LogP contribution in [0, 0.1) is 25.6 Å². The second-order valence-electron chi connectivity index (χ2n) is 8.68. The van der Waals surface area contributed by atoms with Gasteiger partial charge in [-0.1, -0.05) is 28.9 Å². The van der Waals surface area contributed by atoms with Crippen LogP contribution in [0.3, 0.4) is 0 Å². The molecule has 0 aliphatic carbocycles. The number of hydrogen-bond acceptors (Lipinski definition) is 5. The summed E-state index contributed by atoms with van der Waals surface area (Å²) in [4.78, 5) is 19.6. The van der Waals surface area contributed by atoms with Gasteiger partial charge in [0.15, 0.2) is 0 Å². The van der Waals surface area contributed by atoms with Crippen molar-refractivity contribution in [1.82, 2.24) is 20.4 Å². The summed E-state index contributed by atoms with van der Waals surface area (Å²) in [5.74, 6) is 0.640. The number of halogens is 1. The molecule has 3 aromatic rings. The zero-order valence-corrected chi connectivity index (χ0v) is 18.8. The molecule has 2 atom stereocenters. The van der Waals surface area contributed by atoms with E-state index in [2.05, 4.69) is 52.4 Å². The maximum atomic E-state index is 13.1. The van der Waals surface area contributed by atoms with E-state index in [1.165, 1.54) is 23.3 Å². The Morgan fingerprint density at radius 1 is 1.25 bits per heavy atom. The summed E-state index contributed by atoms with van der Waals surface area (Å²) in [6, 6.07) is 12.3. The molecule has 0 saturated carbocycles. The van der Waals surface area contributed by atoms with Gasteiger partial charge in [0.25, 0.3) is 0 Å². The molecule has 4 rings (SSSR count). The average Bonchev–Trinajstić information content (AvgIpc) is 3.24. The van der Waals surface area contributed by atoms with Gasteiger partial charge in [0.1, 0.15) is 5.82 Å². The van der Waals surface area contributed by atoms with Crippen molar-refractivity contribution in [2.45, 2.75) is 46.2 Å². The predicted octanol–water partition coefficient (Wildman–Crippen LogP) is 4.58. The number of nitrogens with zero attached hydrogens (tertiary/aromatic N) is 3. The molecule has 1 fully saturated rings. The van der Waals surface area contributed by atoms with E-state index in [9.17, 15) is 9.18 Å². The topological polar surface area (TPSA) is 71.3 Å². The van der Waals surface area contributed by atoms with Crippen LogP contribution in [0.5, 0.6) is 0 Å². The van der Waals surface area contributed by atoms with Gasteiger partial charge in [0.2, 0.25) is 17.6 Å². The minimum absolute atomic E-state index is 0.0352. The number of hydrogen-bond donors (Lipinski definition) is 1. The number of carbonyl (C=O) groups is 1. The largest absolute Gasteiger partial charge is 0.349 e.